The van der Waals surface area contributed by atoms with Crippen LogP contribution in [-0.2, 0) is 4.74 Å². The van der Waals surface area contributed by atoms with E-state index in [0.717, 1.165) is 18.8 Å². The van der Waals surface area contributed by atoms with Gasteiger partial charge in [-0.15, -0.1) is 0 Å². The number of halogens is 1. The van der Waals surface area contributed by atoms with Crippen LogP contribution < -0.4 is 4.74 Å². The molecule has 15 heavy (non-hydrogen) atoms. The summed E-state index contributed by atoms with van der Waals surface area (Å²) < 4.78 is 10.9. The molecule has 0 aromatic heterocycles. The van der Waals surface area contributed by atoms with Crippen molar-refractivity contribution < 1.29 is 9.47 Å². The third-order valence-corrected chi connectivity index (χ3v) is 3.63. The molecule has 0 spiro atoms. The molecule has 2 rings (SSSR count). The molecule has 0 radical (unpaired) electrons. The summed E-state index contributed by atoms with van der Waals surface area (Å²) in [6, 6.07) is 8.10. The lowest BCUT2D eigenvalue weighted by Gasteiger charge is -2.28. The maximum Gasteiger partial charge on any atom is 0.118 e. The Morgan fingerprint density at radius 1 is 1.33 bits per heavy atom. The number of hydrogen-bond donors (Lipinski definition) is 0. The maximum atomic E-state index is 5.76. The third-order valence-electron chi connectivity index (χ3n) is 2.69. The summed E-state index contributed by atoms with van der Waals surface area (Å²) in [5.74, 6) is 0.890. The van der Waals surface area contributed by atoms with Gasteiger partial charge < -0.3 is 9.47 Å². The lowest BCUT2D eigenvalue weighted by molar-refractivity contribution is 0.0217. The number of rotatable bonds is 2. The van der Waals surface area contributed by atoms with Crippen LogP contribution in [0.25, 0.3) is 0 Å². The van der Waals surface area contributed by atoms with Gasteiger partial charge in [0, 0.05) is 11.4 Å². The molecule has 1 aromatic carbocycles. The standard InChI is InChI=1S/C12H15BrO2/c1-14-10-6-4-9(5-7-10)12-11(13)3-2-8-15-12/h4-7,11-12H,2-3,8H2,1H3/t11-,12+/m1/s1. The molecule has 0 N–H and O–H groups in total. The van der Waals surface area contributed by atoms with Crippen LogP contribution >= 0.6 is 15.9 Å². The zero-order chi connectivity index (χ0) is 10.7. The van der Waals surface area contributed by atoms with Crippen molar-refractivity contribution in [2.24, 2.45) is 0 Å². The van der Waals surface area contributed by atoms with Crippen LogP contribution in [0.5, 0.6) is 5.75 Å². The molecule has 0 bridgehead atoms. The summed E-state index contributed by atoms with van der Waals surface area (Å²) in [5, 5.41) is 0. The minimum Gasteiger partial charge on any atom is -0.497 e. The zero-order valence-electron chi connectivity index (χ0n) is 8.78. The second-order valence-electron chi connectivity index (χ2n) is 3.72. The molecule has 0 saturated carbocycles. The summed E-state index contributed by atoms with van der Waals surface area (Å²) >= 11 is 3.67. The van der Waals surface area contributed by atoms with E-state index in [0.29, 0.717) is 4.83 Å². The molecule has 0 aliphatic carbocycles. The first-order valence-corrected chi connectivity index (χ1v) is 6.12. The Balaban J connectivity index is 2.13. The second-order valence-corrected chi connectivity index (χ2v) is 4.90. The molecule has 1 aromatic rings. The van der Waals surface area contributed by atoms with Crippen LogP contribution in [0.3, 0.4) is 0 Å². The fraction of sp³-hybridized carbons (Fsp3) is 0.500. The van der Waals surface area contributed by atoms with Crippen LogP contribution in [0.2, 0.25) is 0 Å². The Bertz CT molecular complexity index is 310. The van der Waals surface area contributed by atoms with Crippen LogP contribution in [-0.4, -0.2) is 18.5 Å². The van der Waals surface area contributed by atoms with Gasteiger partial charge in [0.05, 0.1) is 13.2 Å². The molecular formula is C12H15BrO2. The quantitative estimate of drug-likeness (QED) is 0.768. The van der Waals surface area contributed by atoms with Gasteiger partial charge >= 0.3 is 0 Å². The van der Waals surface area contributed by atoms with E-state index in [1.807, 2.05) is 12.1 Å². The van der Waals surface area contributed by atoms with Gasteiger partial charge in [0.15, 0.2) is 0 Å². The van der Waals surface area contributed by atoms with Crippen LogP contribution in [0.15, 0.2) is 24.3 Å². The largest absolute Gasteiger partial charge is 0.497 e. The summed E-state index contributed by atoms with van der Waals surface area (Å²) in [5.41, 5.74) is 1.22. The van der Waals surface area contributed by atoms with E-state index >= 15 is 0 Å². The highest BCUT2D eigenvalue weighted by atomic mass is 79.9. The Kier molecular flexibility index (Phi) is 3.65. The Hall–Kier alpha value is -0.540. The monoisotopic (exact) mass is 270 g/mol. The molecule has 1 heterocycles. The number of benzene rings is 1. The molecule has 1 fully saturated rings. The number of alkyl halides is 1. The summed E-state index contributed by atoms with van der Waals surface area (Å²) in [6.07, 6.45) is 2.50. The topological polar surface area (TPSA) is 18.5 Å². The first-order valence-electron chi connectivity index (χ1n) is 5.21. The van der Waals surface area contributed by atoms with Crippen molar-refractivity contribution >= 4 is 15.9 Å². The van der Waals surface area contributed by atoms with E-state index in [2.05, 4.69) is 28.1 Å². The van der Waals surface area contributed by atoms with Gasteiger partial charge in [-0.2, -0.15) is 0 Å². The number of ether oxygens (including phenoxy) is 2. The Labute approximate surface area is 98.7 Å². The van der Waals surface area contributed by atoms with E-state index in [1.165, 1.54) is 12.0 Å². The predicted molar refractivity (Wildman–Crippen MR) is 63.6 cm³/mol. The fourth-order valence-corrected chi connectivity index (χ4v) is 2.62. The molecule has 3 heteroatoms. The molecule has 2 nitrogen and oxygen atoms in total. The van der Waals surface area contributed by atoms with Crippen LogP contribution in [0, 0.1) is 0 Å². The van der Waals surface area contributed by atoms with Gasteiger partial charge in [0.2, 0.25) is 0 Å². The van der Waals surface area contributed by atoms with Crippen molar-refractivity contribution in [3.05, 3.63) is 29.8 Å². The van der Waals surface area contributed by atoms with E-state index in [9.17, 15) is 0 Å². The van der Waals surface area contributed by atoms with Gasteiger partial charge in [0.1, 0.15) is 5.75 Å². The van der Waals surface area contributed by atoms with Gasteiger partial charge in [-0.25, -0.2) is 0 Å². The van der Waals surface area contributed by atoms with Gasteiger partial charge in [-0.05, 0) is 30.5 Å². The lowest BCUT2D eigenvalue weighted by Crippen LogP contribution is -2.22. The van der Waals surface area contributed by atoms with Crippen molar-refractivity contribution in [1.29, 1.82) is 0 Å². The smallest absolute Gasteiger partial charge is 0.118 e. The van der Waals surface area contributed by atoms with Crippen LogP contribution in [0.1, 0.15) is 24.5 Å². The fourth-order valence-electron chi connectivity index (χ4n) is 1.84. The van der Waals surface area contributed by atoms with E-state index in [-0.39, 0.29) is 6.10 Å². The first kappa shape index (κ1) is 11.0. The Morgan fingerprint density at radius 3 is 2.67 bits per heavy atom. The zero-order valence-corrected chi connectivity index (χ0v) is 10.4. The van der Waals surface area contributed by atoms with Gasteiger partial charge in [-0.3, -0.25) is 0 Å². The normalized spacial score (nSPS) is 26.3. The summed E-state index contributed by atoms with van der Waals surface area (Å²) in [4.78, 5) is 0.430. The molecule has 1 aliphatic heterocycles. The predicted octanol–water partition coefficient (Wildman–Crippen LogP) is 3.31. The molecule has 1 saturated heterocycles. The highest BCUT2D eigenvalue weighted by Crippen LogP contribution is 2.33. The van der Waals surface area contributed by atoms with E-state index < -0.39 is 0 Å². The average Bonchev–Trinajstić information content (AvgIpc) is 2.30. The van der Waals surface area contributed by atoms with E-state index in [1.54, 1.807) is 7.11 Å². The van der Waals surface area contributed by atoms with Crippen molar-refractivity contribution in [3.63, 3.8) is 0 Å². The molecule has 0 amide bonds. The average molecular weight is 271 g/mol. The van der Waals surface area contributed by atoms with Crippen molar-refractivity contribution in [3.8, 4) is 5.75 Å². The van der Waals surface area contributed by atoms with Crippen molar-refractivity contribution in [1.82, 2.24) is 0 Å². The number of methoxy groups -OCH3 is 1. The minimum atomic E-state index is 0.185. The third kappa shape index (κ3) is 2.52. The van der Waals surface area contributed by atoms with Crippen molar-refractivity contribution in [2.75, 3.05) is 13.7 Å². The lowest BCUT2D eigenvalue weighted by atomic mass is 10.0. The first-order chi connectivity index (χ1) is 7.31. The van der Waals surface area contributed by atoms with Gasteiger partial charge in [-0.1, -0.05) is 28.1 Å². The van der Waals surface area contributed by atoms with Crippen molar-refractivity contribution in [2.45, 2.75) is 23.8 Å². The molecule has 0 unspecified atom stereocenters. The maximum absolute atomic E-state index is 5.76. The highest BCUT2D eigenvalue weighted by Gasteiger charge is 2.24. The number of hydrogen-bond acceptors (Lipinski definition) is 2. The molecule has 2 atom stereocenters. The minimum absolute atomic E-state index is 0.185. The highest BCUT2D eigenvalue weighted by molar-refractivity contribution is 9.09. The second kappa shape index (κ2) is 4.99. The summed E-state index contributed by atoms with van der Waals surface area (Å²) in [6.45, 7) is 0.860. The van der Waals surface area contributed by atoms with E-state index in [4.69, 9.17) is 9.47 Å². The van der Waals surface area contributed by atoms with Gasteiger partial charge in [0.25, 0.3) is 0 Å². The SMILES string of the molecule is COc1ccc([C@@H]2OCCC[C@H]2Br)cc1. The summed E-state index contributed by atoms with van der Waals surface area (Å²) in [7, 11) is 1.68. The van der Waals surface area contributed by atoms with Crippen LogP contribution in [0.4, 0.5) is 0 Å². The Morgan fingerprint density at radius 2 is 2.07 bits per heavy atom. The molecular weight excluding hydrogens is 256 g/mol. The molecule has 82 valence electrons. The molecule has 1 aliphatic rings.